The van der Waals surface area contributed by atoms with Gasteiger partial charge in [-0.1, -0.05) is 16.8 Å². The zero-order valence-corrected chi connectivity index (χ0v) is 12.3. The second-order valence-electron chi connectivity index (χ2n) is 4.22. The summed E-state index contributed by atoms with van der Waals surface area (Å²) in [7, 11) is 0. The van der Waals surface area contributed by atoms with E-state index in [0.29, 0.717) is 35.9 Å². The quantitative estimate of drug-likeness (QED) is 0.797. The van der Waals surface area contributed by atoms with Crippen LogP contribution in [-0.4, -0.2) is 21.7 Å². The number of nitrogens with two attached hydrogens (primary N) is 1. The molecule has 3 aromatic rings. The van der Waals surface area contributed by atoms with E-state index >= 15 is 0 Å². The molecule has 2 N–H and O–H groups in total. The fraction of sp³-hybridized carbons (Fsp3) is 0.154. The summed E-state index contributed by atoms with van der Waals surface area (Å²) in [6.45, 7) is 0.538. The summed E-state index contributed by atoms with van der Waals surface area (Å²) in [5.41, 5.74) is 6.67. The molecule has 0 amide bonds. The monoisotopic (exact) mass is 324 g/mol. The van der Waals surface area contributed by atoms with Crippen LogP contribution in [0.3, 0.4) is 0 Å². The van der Waals surface area contributed by atoms with Gasteiger partial charge in [0.25, 0.3) is 5.89 Å². The predicted molar refractivity (Wildman–Crippen MR) is 78.6 cm³/mol. The van der Waals surface area contributed by atoms with Crippen molar-refractivity contribution in [1.82, 2.24) is 15.1 Å². The van der Waals surface area contributed by atoms with Gasteiger partial charge in [0, 0.05) is 17.4 Å². The average molecular weight is 325 g/mol. The van der Waals surface area contributed by atoms with Gasteiger partial charge < -0.3 is 10.3 Å². The normalized spacial score (nSPS) is 11.0. The van der Waals surface area contributed by atoms with Crippen LogP contribution in [0.2, 0.25) is 5.02 Å². The molecule has 108 valence electrons. The lowest BCUT2D eigenvalue weighted by atomic mass is 10.2. The second kappa shape index (κ2) is 5.88. The lowest BCUT2D eigenvalue weighted by Crippen LogP contribution is -2.01. The maximum atomic E-state index is 13.1. The molecule has 0 saturated heterocycles. The first-order valence-electron chi connectivity index (χ1n) is 6.11. The Morgan fingerprint density at radius 3 is 2.95 bits per heavy atom. The molecular weight excluding hydrogens is 315 g/mol. The number of hydrogen-bond donors (Lipinski definition) is 1. The SMILES string of the molecule is NCCc1nc(-c2nc(-c3ccc(F)c(Cl)c3)no2)cs1. The zero-order valence-electron chi connectivity index (χ0n) is 10.7. The van der Waals surface area contributed by atoms with Crippen molar-refractivity contribution in [3.8, 4) is 23.0 Å². The van der Waals surface area contributed by atoms with Crippen LogP contribution in [0.1, 0.15) is 5.01 Å². The molecule has 0 spiro atoms. The number of aromatic nitrogens is 3. The first-order valence-corrected chi connectivity index (χ1v) is 7.37. The maximum absolute atomic E-state index is 13.1. The number of nitrogens with zero attached hydrogens (tertiary/aromatic N) is 3. The highest BCUT2D eigenvalue weighted by atomic mass is 35.5. The van der Waals surface area contributed by atoms with Crippen molar-refractivity contribution in [2.45, 2.75) is 6.42 Å². The van der Waals surface area contributed by atoms with E-state index in [9.17, 15) is 4.39 Å². The topological polar surface area (TPSA) is 77.8 Å². The van der Waals surface area contributed by atoms with Crippen molar-refractivity contribution in [3.05, 3.63) is 39.4 Å². The Morgan fingerprint density at radius 1 is 1.33 bits per heavy atom. The van der Waals surface area contributed by atoms with Crippen molar-refractivity contribution < 1.29 is 8.91 Å². The molecule has 0 atom stereocenters. The van der Waals surface area contributed by atoms with E-state index < -0.39 is 5.82 Å². The first kappa shape index (κ1) is 14.1. The van der Waals surface area contributed by atoms with Crippen LogP contribution in [0.4, 0.5) is 4.39 Å². The van der Waals surface area contributed by atoms with Crippen LogP contribution in [0.5, 0.6) is 0 Å². The molecule has 8 heteroatoms. The van der Waals surface area contributed by atoms with Crippen molar-refractivity contribution in [3.63, 3.8) is 0 Å². The molecule has 21 heavy (non-hydrogen) atoms. The van der Waals surface area contributed by atoms with E-state index in [-0.39, 0.29) is 5.02 Å². The maximum Gasteiger partial charge on any atom is 0.277 e. The lowest BCUT2D eigenvalue weighted by Gasteiger charge is -1.96. The van der Waals surface area contributed by atoms with E-state index in [1.54, 1.807) is 0 Å². The summed E-state index contributed by atoms with van der Waals surface area (Å²) in [6.07, 6.45) is 0.708. The van der Waals surface area contributed by atoms with Gasteiger partial charge in [0.1, 0.15) is 11.5 Å². The van der Waals surface area contributed by atoms with E-state index in [1.165, 1.54) is 29.5 Å². The molecule has 2 aromatic heterocycles. The summed E-state index contributed by atoms with van der Waals surface area (Å²) < 4.78 is 18.3. The molecule has 0 saturated carbocycles. The zero-order chi connectivity index (χ0) is 14.8. The average Bonchev–Trinajstić information content (AvgIpc) is 3.11. The molecule has 3 rings (SSSR count). The highest BCUT2D eigenvalue weighted by Gasteiger charge is 2.14. The molecule has 0 aliphatic heterocycles. The van der Waals surface area contributed by atoms with Gasteiger partial charge in [-0.25, -0.2) is 9.37 Å². The minimum absolute atomic E-state index is 0.0118. The molecule has 2 heterocycles. The second-order valence-corrected chi connectivity index (χ2v) is 5.57. The van der Waals surface area contributed by atoms with Gasteiger partial charge in [0.15, 0.2) is 0 Å². The molecule has 0 bridgehead atoms. The summed E-state index contributed by atoms with van der Waals surface area (Å²) in [4.78, 5) is 8.61. The van der Waals surface area contributed by atoms with E-state index in [2.05, 4.69) is 15.1 Å². The smallest absolute Gasteiger partial charge is 0.277 e. The minimum atomic E-state index is -0.491. The van der Waals surface area contributed by atoms with Gasteiger partial charge in [0.05, 0.1) is 10.0 Å². The highest BCUT2D eigenvalue weighted by Crippen LogP contribution is 2.26. The van der Waals surface area contributed by atoms with Crippen LogP contribution in [-0.2, 0) is 6.42 Å². The molecule has 0 unspecified atom stereocenters. The van der Waals surface area contributed by atoms with Crippen LogP contribution in [0.15, 0.2) is 28.1 Å². The summed E-state index contributed by atoms with van der Waals surface area (Å²) >= 11 is 7.23. The van der Waals surface area contributed by atoms with Crippen molar-refractivity contribution >= 4 is 22.9 Å². The van der Waals surface area contributed by atoms with E-state index in [4.69, 9.17) is 21.9 Å². The van der Waals surface area contributed by atoms with Crippen LogP contribution >= 0.6 is 22.9 Å². The lowest BCUT2D eigenvalue weighted by molar-refractivity contribution is 0.431. The molecule has 1 aromatic carbocycles. The number of thiazole rings is 1. The Kier molecular flexibility index (Phi) is 3.96. The van der Waals surface area contributed by atoms with Gasteiger partial charge in [-0.3, -0.25) is 0 Å². The molecule has 0 radical (unpaired) electrons. The number of benzene rings is 1. The molecule has 0 fully saturated rings. The van der Waals surface area contributed by atoms with Gasteiger partial charge in [0.2, 0.25) is 5.82 Å². The molecule has 0 aliphatic rings. The molecule has 0 aliphatic carbocycles. The van der Waals surface area contributed by atoms with Crippen molar-refractivity contribution in [2.75, 3.05) is 6.54 Å². The van der Waals surface area contributed by atoms with Gasteiger partial charge >= 0.3 is 0 Å². The minimum Gasteiger partial charge on any atom is -0.332 e. The van der Waals surface area contributed by atoms with Crippen LogP contribution in [0, 0.1) is 5.82 Å². The Morgan fingerprint density at radius 2 is 2.19 bits per heavy atom. The fourth-order valence-electron chi connectivity index (χ4n) is 1.73. The summed E-state index contributed by atoms with van der Waals surface area (Å²) in [5, 5.41) is 6.62. The third-order valence-electron chi connectivity index (χ3n) is 2.73. The Hall–Kier alpha value is -1.83. The van der Waals surface area contributed by atoms with Crippen molar-refractivity contribution in [2.24, 2.45) is 5.73 Å². The third kappa shape index (κ3) is 2.94. The van der Waals surface area contributed by atoms with Gasteiger partial charge in [-0.15, -0.1) is 11.3 Å². The van der Waals surface area contributed by atoms with Crippen LogP contribution in [0.25, 0.3) is 23.0 Å². The van der Waals surface area contributed by atoms with E-state index in [0.717, 1.165) is 5.01 Å². The predicted octanol–water partition coefficient (Wildman–Crippen LogP) is 3.15. The summed E-state index contributed by atoms with van der Waals surface area (Å²) in [6, 6.07) is 4.25. The van der Waals surface area contributed by atoms with Crippen LogP contribution < -0.4 is 5.73 Å². The van der Waals surface area contributed by atoms with E-state index in [1.807, 2.05) is 5.38 Å². The first-order chi connectivity index (χ1) is 10.2. The Labute approximate surface area is 128 Å². The van der Waals surface area contributed by atoms with Crippen molar-refractivity contribution in [1.29, 1.82) is 0 Å². The molecule has 5 nitrogen and oxygen atoms in total. The number of hydrogen-bond acceptors (Lipinski definition) is 6. The number of halogens is 2. The highest BCUT2D eigenvalue weighted by molar-refractivity contribution is 7.09. The Balaban J connectivity index is 1.89. The molecular formula is C13H10ClFN4OS. The Bertz CT molecular complexity index is 773. The number of rotatable bonds is 4. The fourth-order valence-corrected chi connectivity index (χ4v) is 2.70. The summed E-state index contributed by atoms with van der Waals surface area (Å²) in [5.74, 6) is 0.153. The van der Waals surface area contributed by atoms with Gasteiger partial charge in [-0.2, -0.15) is 4.98 Å². The standard InChI is InChI=1S/C13H10ClFN4OS/c14-8-5-7(1-2-9(8)15)12-18-13(20-19-12)10-6-21-11(17-10)3-4-16/h1-2,5-6H,3-4,16H2. The largest absolute Gasteiger partial charge is 0.332 e. The van der Waals surface area contributed by atoms with Gasteiger partial charge in [-0.05, 0) is 24.7 Å². The third-order valence-corrected chi connectivity index (χ3v) is 3.93.